The number of nitro benzene ring substituents is 1. The van der Waals surface area contributed by atoms with Crippen LogP contribution in [0, 0.1) is 10.1 Å². The lowest BCUT2D eigenvalue weighted by Gasteiger charge is -2.15. The summed E-state index contributed by atoms with van der Waals surface area (Å²) in [5.74, 6) is 0.0775. The molecule has 0 amide bonds. The largest absolute Gasteiger partial charge is 0.494 e. The Morgan fingerprint density at radius 1 is 1.03 bits per heavy atom. The third-order valence-corrected chi connectivity index (χ3v) is 4.31. The van der Waals surface area contributed by atoms with E-state index in [1.54, 1.807) is 24.3 Å². The standard InChI is InChI=1S/C21H20F3N5O3/c1-2-3-12-32-17-10-6-14(7-11-17)26-19-18(21(22,23)24)13-25-20(28-19)27-15-4-8-16(9-5-15)29(30)31/h4-11,13H,2-3,12H2,1H3,(H2,25,26,27,28). The van der Waals surface area contributed by atoms with E-state index in [2.05, 4.69) is 20.6 Å². The highest BCUT2D eigenvalue weighted by molar-refractivity contribution is 5.63. The second kappa shape index (κ2) is 9.94. The normalized spacial score (nSPS) is 11.1. The molecule has 0 radical (unpaired) electrons. The van der Waals surface area contributed by atoms with Crippen molar-refractivity contribution in [3.8, 4) is 5.75 Å². The number of nitrogens with zero attached hydrogens (tertiary/aromatic N) is 3. The van der Waals surface area contributed by atoms with E-state index < -0.39 is 22.5 Å². The van der Waals surface area contributed by atoms with Crippen molar-refractivity contribution in [1.29, 1.82) is 0 Å². The number of rotatable bonds is 9. The minimum Gasteiger partial charge on any atom is -0.494 e. The number of anilines is 4. The lowest BCUT2D eigenvalue weighted by Crippen LogP contribution is -2.12. The van der Waals surface area contributed by atoms with Crippen LogP contribution >= 0.6 is 0 Å². The molecule has 0 fully saturated rings. The van der Waals surface area contributed by atoms with Crippen LogP contribution in [0.2, 0.25) is 0 Å². The number of nitrogens with one attached hydrogen (secondary N) is 2. The Morgan fingerprint density at radius 2 is 1.66 bits per heavy atom. The van der Waals surface area contributed by atoms with Gasteiger partial charge in [-0.05, 0) is 42.8 Å². The van der Waals surface area contributed by atoms with Crippen molar-refractivity contribution in [1.82, 2.24) is 9.97 Å². The van der Waals surface area contributed by atoms with Gasteiger partial charge in [0.2, 0.25) is 5.95 Å². The zero-order valence-corrected chi connectivity index (χ0v) is 17.0. The van der Waals surface area contributed by atoms with Crippen LogP contribution < -0.4 is 15.4 Å². The number of aromatic nitrogens is 2. The van der Waals surface area contributed by atoms with E-state index in [0.717, 1.165) is 12.8 Å². The van der Waals surface area contributed by atoms with Crippen molar-refractivity contribution in [2.45, 2.75) is 25.9 Å². The Kier molecular flexibility index (Phi) is 7.08. The molecule has 0 aliphatic carbocycles. The number of non-ortho nitro benzene ring substituents is 1. The maximum absolute atomic E-state index is 13.4. The van der Waals surface area contributed by atoms with Crippen molar-refractivity contribution in [2.24, 2.45) is 0 Å². The molecule has 1 aromatic heterocycles. The summed E-state index contributed by atoms with van der Waals surface area (Å²) in [7, 11) is 0. The number of benzene rings is 2. The van der Waals surface area contributed by atoms with Crippen LogP contribution in [0.5, 0.6) is 5.75 Å². The minimum atomic E-state index is -4.67. The molecular weight excluding hydrogens is 427 g/mol. The summed E-state index contributed by atoms with van der Waals surface area (Å²) in [6.45, 7) is 2.60. The van der Waals surface area contributed by atoms with Gasteiger partial charge in [0.15, 0.2) is 0 Å². The number of hydrogen-bond donors (Lipinski definition) is 2. The first-order valence-corrected chi connectivity index (χ1v) is 9.72. The van der Waals surface area contributed by atoms with Crippen molar-refractivity contribution in [2.75, 3.05) is 17.2 Å². The number of ether oxygens (including phenoxy) is 1. The summed E-state index contributed by atoms with van der Waals surface area (Å²) in [5, 5.41) is 16.2. The maximum Gasteiger partial charge on any atom is 0.421 e. The molecule has 0 saturated heterocycles. The Hall–Kier alpha value is -3.89. The van der Waals surface area contributed by atoms with E-state index in [4.69, 9.17) is 4.74 Å². The van der Waals surface area contributed by atoms with E-state index in [-0.39, 0.29) is 11.6 Å². The first-order valence-electron chi connectivity index (χ1n) is 9.72. The molecule has 0 aliphatic heterocycles. The van der Waals surface area contributed by atoms with Crippen LogP contribution in [0.15, 0.2) is 54.7 Å². The fraction of sp³-hybridized carbons (Fsp3) is 0.238. The number of nitro groups is 1. The van der Waals surface area contributed by atoms with Gasteiger partial charge < -0.3 is 15.4 Å². The minimum absolute atomic E-state index is 0.103. The number of hydrogen-bond acceptors (Lipinski definition) is 7. The van der Waals surface area contributed by atoms with Crippen LogP contribution in [0.4, 0.5) is 42.0 Å². The molecule has 2 aromatic carbocycles. The van der Waals surface area contributed by atoms with Gasteiger partial charge in [-0.2, -0.15) is 18.2 Å². The van der Waals surface area contributed by atoms with E-state index in [9.17, 15) is 23.3 Å². The van der Waals surface area contributed by atoms with Gasteiger partial charge in [0.1, 0.15) is 17.1 Å². The topological polar surface area (TPSA) is 102 Å². The lowest BCUT2D eigenvalue weighted by atomic mass is 10.2. The Labute approximate surface area is 181 Å². The SMILES string of the molecule is CCCCOc1ccc(Nc2nc(Nc3ccc([N+](=O)[O-])cc3)ncc2C(F)(F)F)cc1. The molecule has 0 bridgehead atoms. The zero-order valence-electron chi connectivity index (χ0n) is 17.0. The van der Waals surface area contributed by atoms with Crippen LogP contribution in [0.1, 0.15) is 25.3 Å². The highest BCUT2D eigenvalue weighted by Gasteiger charge is 2.35. The smallest absolute Gasteiger partial charge is 0.421 e. The number of alkyl halides is 3. The number of halogens is 3. The highest BCUT2D eigenvalue weighted by Crippen LogP contribution is 2.35. The molecule has 32 heavy (non-hydrogen) atoms. The molecule has 0 saturated carbocycles. The van der Waals surface area contributed by atoms with Crippen molar-refractivity contribution >= 4 is 28.8 Å². The van der Waals surface area contributed by atoms with Gasteiger partial charge in [0, 0.05) is 29.7 Å². The van der Waals surface area contributed by atoms with Crippen molar-refractivity contribution in [3.63, 3.8) is 0 Å². The molecule has 168 valence electrons. The van der Waals surface area contributed by atoms with Gasteiger partial charge in [0.25, 0.3) is 5.69 Å². The third-order valence-electron chi connectivity index (χ3n) is 4.31. The third kappa shape index (κ3) is 6.06. The van der Waals surface area contributed by atoms with Gasteiger partial charge in [-0.3, -0.25) is 10.1 Å². The Bertz CT molecular complexity index is 1060. The molecule has 8 nitrogen and oxygen atoms in total. The summed E-state index contributed by atoms with van der Waals surface area (Å²) in [6, 6.07) is 11.8. The predicted octanol–water partition coefficient (Wildman–Crippen LogP) is 6.07. The van der Waals surface area contributed by atoms with E-state index in [1.807, 2.05) is 6.92 Å². The fourth-order valence-electron chi connectivity index (χ4n) is 2.65. The zero-order chi connectivity index (χ0) is 23.1. The molecule has 0 unspecified atom stereocenters. The molecular formula is C21H20F3N5O3. The van der Waals surface area contributed by atoms with Crippen LogP contribution in [0.25, 0.3) is 0 Å². The summed E-state index contributed by atoms with van der Waals surface area (Å²) < 4.78 is 45.9. The summed E-state index contributed by atoms with van der Waals surface area (Å²) in [6.07, 6.45) is -2.10. The second-order valence-electron chi connectivity index (χ2n) is 6.73. The second-order valence-corrected chi connectivity index (χ2v) is 6.73. The molecule has 0 spiro atoms. The predicted molar refractivity (Wildman–Crippen MR) is 114 cm³/mol. The van der Waals surface area contributed by atoms with E-state index in [1.165, 1.54) is 24.3 Å². The molecule has 0 aliphatic rings. The van der Waals surface area contributed by atoms with Gasteiger partial charge in [-0.1, -0.05) is 13.3 Å². The molecule has 3 rings (SSSR count). The molecule has 1 heterocycles. The van der Waals surface area contributed by atoms with E-state index >= 15 is 0 Å². The first-order chi connectivity index (χ1) is 15.3. The monoisotopic (exact) mass is 447 g/mol. The maximum atomic E-state index is 13.4. The average Bonchev–Trinajstić information content (AvgIpc) is 2.75. The van der Waals surface area contributed by atoms with Gasteiger partial charge >= 0.3 is 6.18 Å². The molecule has 2 N–H and O–H groups in total. The average molecular weight is 447 g/mol. The van der Waals surface area contributed by atoms with Crippen LogP contribution in [0.3, 0.4) is 0 Å². The fourth-order valence-corrected chi connectivity index (χ4v) is 2.65. The Morgan fingerprint density at radius 3 is 2.25 bits per heavy atom. The van der Waals surface area contributed by atoms with Crippen LogP contribution in [-0.2, 0) is 6.18 Å². The van der Waals surface area contributed by atoms with Gasteiger partial charge in [-0.25, -0.2) is 4.98 Å². The Balaban J connectivity index is 1.80. The first kappa shape index (κ1) is 22.8. The van der Waals surface area contributed by atoms with Gasteiger partial charge in [0.05, 0.1) is 11.5 Å². The number of unbranched alkanes of at least 4 members (excludes halogenated alkanes) is 1. The van der Waals surface area contributed by atoms with E-state index in [0.29, 0.717) is 29.9 Å². The van der Waals surface area contributed by atoms with Crippen LogP contribution in [-0.4, -0.2) is 21.5 Å². The van der Waals surface area contributed by atoms with Crippen molar-refractivity contribution in [3.05, 3.63) is 70.4 Å². The quantitative estimate of drug-likeness (QED) is 0.233. The summed E-state index contributed by atoms with van der Waals surface area (Å²) in [5.41, 5.74) is -0.378. The van der Waals surface area contributed by atoms with Gasteiger partial charge in [-0.15, -0.1) is 0 Å². The molecule has 11 heteroatoms. The molecule has 3 aromatic rings. The molecule has 0 atom stereocenters. The summed E-state index contributed by atoms with van der Waals surface area (Å²) >= 11 is 0. The summed E-state index contributed by atoms with van der Waals surface area (Å²) in [4.78, 5) is 17.9. The highest BCUT2D eigenvalue weighted by atomic mass is 19.4. The van der Waals surface area contributed by atoms with Crippen molar-refractivity contribution < 1.29 is 22.8 Å². The lowest BCUT2D eigenvalue weighted by molar-refractivity contribution is -0.384.